The van der Waals surface area contributed by atoms with E-state index in [9.17, 15) is 19.2 Å². The molecule has 1 saturated heterocycles. The number of likely N-dealkylation sites (tertiary alicyclic amines) is 1. The van der Waals surface area contributed by atoms with Gasteiger partial charge in [-0.1, -0.05) is 0 Å². The van der Waals surface area contributed by atoms with E-state index in [-0.39, 0.29) is 47.2 Å². The fourth-order valence-electron chi connectivity index (χ4n) is 4.61. The summed E-state index contributed by atoms with van der Waals surface area (Å²) in [6.07, 6.45) is 1.10. The first-order valence-corrected chi connectivity index (χ1v) is 11.0. The summed E-state index contributed by atoms with van der Waals surface area (Å²) in [5.41, 5.74) is 2.16. The lowest BCUT2D eigenvalue weighted by Crippen LogP contribution is -2.50. The molecule has 0 spiro atoms. The molecular formula is C24H28N4O5. The third kappa shape index (κ3) is 4.98. The summed E-state index contributed by atoms with van der Waals surface area (Å²) in [6.45, 7) is 3.35. The van der Waals surface area contributed by atoms with Gasteiger partial charge in [-0.15, -0.1) is 0 Å². The molecule has 2 aliphatic heterocycles. The number of nitrogens with zero attached hydrogens (tertiary/aromatic N) is 2. The fraction of sp³-hybridized carbons (Fsp3) is 0.417. The lowest BCUT2D eigenvalue weighted by Gasteiger charge is -2.42. The number of hydrogen-bond donors (Lipinski definition) is 2. The summed E-state index contributed by atoms with van der Waals surface area (Å²) in [5.74, 6) is -0.0819. The lowest BCUT2D eigenvalue weighted by molar-refractivity contribution is -0.117. The lowest BCUT2D eigenvalue weighted by atomic mass is 9.83. The standard InChI is InChI=1S/C24H28N4O5/c1-15(29)17-3-5-19(6-4-17)25-24(32)27-12-16-11-18(14-27)21-8-7-20(23(31)28(21)13-16)26-22(30)9-10-33-2/h3-8,16,18H,9-14H2,1-2H3,(H,25,32)(H,26,30)/t16-,18-/m1/s1. The number of carbonyl (C=O) groups excluding carboxylic acids is 3. The molecule has 2 N–H and O–H groups in total. The monoisotopic (exact) mass is 452 g/mol. The summed E-state index contributed by atoms with van der Waals surface area (Å²) in [4.78, 5) is 51.1. The van der Waals surface area contributed by atoms with Gasteiger partial charge >= 0.3 is 6.03 Å². The van der Waals surface area contributed by atoms with Crippen molar-refractivity contribution in [3.63, 3.8) is 0 Å². The maximum absolute atomic E-state index is 13.0. The van der Waals surface area contributed by atoms with Crippen LogP contribution >= 0.6 is 0 Å². The molecule has 2 aliphatic rings. The molecule has 0 unspecified atom stereocenters. The topological polar surface area (TPSA) is 110 Å². The molecule has 1 aromatic carbocycles. The molecule has 1 aromatic heterocycles. The Morgan fingerprint density at radius 2 is 1.79 bits per heavy atom. The first kappa shape index (κ1) is 22.7. The van der Waals surface area contributed by atoms with Crippen molar-refractivity contribution in [3.8, 4) is 0 Å². The van der Waals surface area contributed by atoms with Gasteiger partial charge < -0.3 is 24.8 Å². The average molecular weight is 453 g/mol. The Bertz CT molecular complexity index is 1120. The van der Waals surface area contributed by atoms with Crippen molar-refractivity contribution in [3.05, 3.63) is 58.0 Å². The highest BCUT2D eigenvalue weighted by molar-refractivity contribution is 5.95. The zero-order chi connectivity index (χ0) is 23.5. The zero-order valence-electron chi connectivity index (χ0n) is 18.8. The van der Waals surface area contributed by atoms with Gasteiger partial charge in [-0.2, -0.15) is 0 Å². The Hall–Kier alpha value is -3.46. The number of urea groups is 1. The molecule has 2 atom stereocenters. The number of amides is 3. The van der Waals surface area contributed by atoms with E-state index >= 15 is 0 Å². The SMILES string of the molecule is COCCC(=O)Nc1ccc2n(c1=O)C[C@@H]1C[C@@H]2CN(C(=O)Nc2ccc(C(C)=O)cc2)C1. The van der Waals surface area contributed by atoms with Gasteiger partial charge in [-0.05, 0) is 55.7 Å². The van der Waals surface area contributed by atoms with Crippen LogP contribution in [-0.2, 0) is 16.1 Å². The van der Waals surface area contributed by atoms with Gasteiger partial charge in [0.25, 0.3) is 5.56 Å². The number of methoxy groups -OCH3 is 1. The average Bonchev–Trinajstić information content (AvgIpc) is 2.80. The fourth-order valence-corrected chi connectivity index (χ4v) is 4.61. The van der Waals surface area contributed by atoms with Crippen molar-refractivity contribution in [1.29, 1.82) is 0 Å². The molecule has 4 rings (SSSR count). The molecule has 9 nitrogen and oxygen atoms in total. The molecule has 3 amide bonds. The maximum Gasteiger partial charge on any atom is 0.321 e. The van der Waals surface area contributed by atoms with Crippen LogP contribution in [0.3, 0.4) is 0 Å². The van der Waals surface area contributed by atoms with Gasteiger partial charge in [-0.3, -0.25) is 14.4 Å². The second kappa shape index (κ2) is 9.58. The Morgan fingerprint density at radius 1 is 1.03 bits per heavy atom. The van der Waals surface area contributed by atoms with Crippen LogP contribution in [0, 0.1) is 5.92 Å². The van der Waals surface area contributed by atoms with Gasteiger partial charge in [0.15, 0.2) is 5.78 Å². The minimum atomic E-state index is -0.260. The number of fused-ring (bicyclic) bond motifs is 4. The Labute approximate surface area is 191 Å². The highest BCUT2D eigenvalue weighted by Gasteiger charge is 2.36. The normalized spacial score (nSPS) is 18.9. The second-order valence-corrected chi connectivity index (χ2v) is 8.65. The number of aromatic nitrogens is 1. The van der Waals surface area contributed by atoms with Gasteiger partial charge in [0, 0.05) is 49.6 Å². The van der Waals surface area contributed by atoms with Crippen molar-refractivity contribution < 1.29 is 19.1 Å². The van der Waals surface area contributed by atoms with E-state index in [1.807, 2.05) is 6.07 Å². The maximum atomic E-state index is 13.0. The van der Waals surface area contributed by atoms with Gasteiger partial charge in [0.05, 0.1) is 13.0 Å². The molecule has 2 aromatic rings. The second-order valence-electron chi connectivity index (χ2n) is 8.65. The van der Waals surface area contributed by atoms with Crippen molar-refractivity contribution in [1.82, 2.24) is 9.47 Å². The number of hydrogen-bond acceptors (Lipinski definition) is 5. The van der Waals surface area contributed by atoms with Crippen molar-refractivity contribution >= 4 is 29.1 Å². The molecule has 33 heavy (non-hydrogen) atoms. The molecule has 0 saturated carbocycles. The largest absolute Gasteiger partial charge is 0.384 e. The van der Waals surface area contributed by atoms with E-state index in [4.69, 9.17) is 4.74 Å². The summed E-state index contributed by atoms with van der Waals surface area (Å²) in [6, 6.07) is 10.1. The number of pyridine rings is 1. The number of piperidine rings is 1. The summed E-state index contributed by atoms with van der Waals surface area (Å²) in [7, 11) is 1.52. The minimum Gasteiger partial charge on any atom is -0.384 e. The molecule has 0 radical (unpaired) electrons. The van der Waals surface area contributed by atoms with Crippen molar-refractivity contribution in [2.24, 2.45) is 5.92 Å². The zero-order valence-corrected chi connectivity index (χ0v) is 18.8. The first-order chi connectivity index (χ1) is 15.9. The van der Waals surface area contributed by atoms with Crippen LogP contribution in [0.15, 0.2) is 41.2 Å². The van der Waals surface area contributed by atoms with Crippen molar-refractivity contribution in [2.75, 3.05) is 37.4 Å². The van der Waals surface area contributed by atoms with Gasteiger partial charge in [0.1, 0.15) is 5.69 Å². The van der Waals surface area contributed by atoms with Crippen LogP contribution in [-0.4, -0.2) is 54.0 Å². The Morgan fingerprint density at radius 3 is 2.48 bits per heavy atom. The van der Waals surface area contributed by atoms with Crippen LogP contribution < -0.4 is 16.2 Å². The molecule has 1 fully saturated rings. The number of nitrogens with one attached hydrogen (secondary N) is 2. The highest BCUT2D eigenvalue weighted by atomic mass is 16.5. The predicted octanol–water partition coefficient (Wildman–Crippen LogP) is 2.68. The number of ether oxygens (including phenoxy) is 1. The molecule has 2 bridgehead atoms. The predicted molar refractivity (Wildman–Crippen MR) is 124 cm³/mol. The van der Waals surface area contributed by atoms with Crippen LogP contribution in [0.25, 0.3) is 0 Å². The van der Waals surface area contributed by atoms with E-state index in [0.717, 1.165) is 12.1 Å². The highest BCUT2D eigenvalue weighted by Crippen LogP contribution is 2.35. The van der Waals surface area contributed by atoms with Gasteiger partial charge in [0.2, 0.25) is 5.91 Å². The van der Waals surface area contributed by atoms with Crippen LogP contribution in [0.4, 0.5) is 16.2 Å². The number of benzene rings is 1. The smallest absolute Gasteiger partial charge is 0.321 e. The molecule has 0 aliphatic carbocycles. The number of Topliss-reactive ketones (excluding diaryl/α,β-unsaturated/α-hetero) is 1. The van der Waals surface area contributed by atoms with E-state index in [1.165, 1.54) is 14.0 Å². The van der Waals surface area contributed by atoms with Crippen LogP contribution in [0.5, 0.6) is 0 Å². The number of carbonyl (C=O) groups is 3. The third-order valence-electron chi connectivity index (χ3n) is 6.24. The first-order valence-electron chi connectivity index (χ1n) is 11.0. The van der Waals surface area contributed by atoms with Crippen LogP contribution in [0.1, 0.15) is 41.7 Å². The Balaban J connectivity index is 1.45. The quantitative estimate of drug-likeness (QED) is 0.655. The molecule has 9 heteroatoms. The minimum absolute atomic E-state index is 0.0247. The molecule has 3 heterocycles. The summed E-state index contributed by atoms with van der Waals surface area (Å²) >= 11 is 0. The van der Waals surface area contributed by atoms with E-state index in [0.29, 0.717) is 37.5 Å². The number of ketones is 1. The molecule has 174 valence electrons. The Kier molecular flexibility index (Phi) is 6.60. The van der Waals surface area contributed by atoms with Crippen molar-refractivity contribution in [2.45, 2.75) is 32.2 Å². The van der Waals surface area contributed by atoms with E-state index < -0.39 is 0 Å². The van der Waals surface area contributed by atoms with Gasteiger partial charge in [-0.25, -0.2) is 4.79 Å². The van der Waals surface area contributed by atoms with E-state index in [2.05, 4.69) is 10.6 Å². The molecular weight excluding hydrogens is 424 g/mol. The third-order valence-corrected chi connectivity index (χ3v) is 6.24. The number of rotatable bonds is 6. The summed E-state index contributed by atoms with van der Waals surface area (Å²) < 4.78 is 6.64. The summed E-state index contributed by atoms with van der Waals surface area (Å²) in [5, 5.41) is 5.58. The number of anilines is 2. The van der Waals surface area contributed by atoms with E-state index in [1.54, 1.807) is 39.8 Å². The van der Waals surface area contributed by atoms with Crippen LogP contribution in [0.2, 0.25) is 0 Å².